The van der Waals surface area contributed by atoms with E-state index in [0.29, 0.717) is 19.5 Å². The molecule has 0 aromatic heterocycles. The zero-order valence-electron chi connectivity index (χ0n) is 11.7. The Kier molecular flexibility index (Phi) is 5.86. The summed E-state index contributed by atoms with van der Waals surface area (Å²) in [6.07, 6.45) is 2.40. The topological polar surface area (TPSA) is 46.3 Å². The van der Waals surface area contributed by atoms with Gasteiger partial charge in [0.25, 0.3) is 0 Å². The number of nitrogens with zero attached hydrogens (tertiary/aromatic N) is 1. The highest BCUT2D eigenvalue weighted by molar-refractivity contribution is 5.75. The third-order valence-electron chi connectivity index (χ3n) is 3.18. The van der Waals surface area contributed by atoms with Gasteiger partial charge in [0, 0.05) is 20.0 Å². The lowest BCUT2D eigenvalue weighted by Crippen LogP contribution is -2.26. The molecule has 3 nitrogen and oxygen atoms in total. The van der Waals surface area contributed by atoms with Gasteiger partial charge in [0.15, 0.2) is 0 Å². The number of benzene rings is 1. The Bertz CT molecular complexity index is 401. The fourth-order valence-electron chi connectivity index (χ4n) is 1.98. The summed E-state index contributed by atoms with van der Waals surface area (Å²) < 4.78 is 0. The highest BCUT2D eigenvalue weighted by atomic mass is 16.2. The van der Waals surface area contributed by atoms with Crippen LogP contribution in [-0.2, 0) is 11.3 Å². The maximum atomic E-state index is 11.9. The molecule has 0 unspecified atom stereocenters. The van der Waals surface area contributed by atoms with E-state index >= 15 is 0 Å². The second kappa shape index (κ2) is 7.17. The molecule has 18 heavy (non-hydrogen) atoms. The van der Waals surface area contributed by atoms with Crippen LogP contribution in [0.15, 0.2) is 18.2 Å². The van der Waals surface area contributed by atoms with Crippen molar-refractivity contribution in [3.63, 3.8) is 0 Å². The second-order valence-electron chi connectivity index (χ2n) is 4.93. The average Bonchev–Trinajstić information content (AvgIpc) is 2.32. The van der Waals surface area contributed by atoms with Crippen molar-refractivity contribution >= 4 is 5.91 Å². The van der Waals surface area contributed by atoms with Crippen LogP contribution in [0, 0.1) is 13.8 Å². The molecule has 1 rings (SSSR count). The largest absolute Gasteiger partial charge is 0.341 e. The van der Waals surface area contributed by atoms with Crippen molar-refractivity contribution < 1.29 is 4.79 Å². The molecular formula is C15H24N2O. The number of unbranched alkanes of at least 4 members (excludes halogenated alkanes) is 1. The smallest absolute Gasteiger partial charge is 0.222 e. The molecule has 0 saturated carbocycles. The van der Waals surface area contributed by atoms with Gasteiger partial charge in [-0.25, -0.2) is 0 Å². The quantitative estimate of drug-likeness (QED) is 0.786. The van der Waals surface area contributed by atoms with Crippen molar-refractivity contribution in [2.45, 2.75) is 39.7 Å². The Labute approximate surface area is 110 Å². The van der Waals surface area contributed by atoms with Crippen molar-refractivity contribution in [2.75, 3.05) is 13.6 Å². The fourth-order valence-corrected chi connectivity index (χ4v) is 1.98. The van der Waals surface area contributed by atoms with Crippen molar-refractivity contribution in [1.29, 1.82) is 0 Å². The molecule has 1 aromatic rings. The number of amides is 1. The molecule has 0 aliphatic carbocycles. The number of carbonyl (C=O) groups excluding carboxylic acids is 1. The van der Waals surface area contributed by atoms with E-state index in [-0.39, 0.29) is 5.91 Å². The molecule has 1 amide bonds. The van der Waals surface area contributed by atoms with Gasteiger partial charge in [-0.2, -0.15) is 0 Å². The molecule has 2 N–H and O–H groups in total. The van der Waals surface area contributed by atoms with Crippen molar-refractivity contribution in [3.05, 3.63) is 34.9 Å². The summed E-state index contributed by atoms with van der Waals surface area (Å²) >= 11 is 0. The number of carbonyl (C=O) groups is 1. The molecular weight excluding hydrogens is 224 g/mol. The van der Waals surface area contributed by atoms with Crippen LogP contribution >= 0.6 is 0 Å². The third-order valence-corrected chi connectivity index (χ3v) is 3.18. The van der Waals surface area contributed by atoms with Gasteiger partial charge < -0.3 is 10.6 Å². The van der Waals surface area contributed by atoms with Crippen LogP contribution < -0.4 is 5.73 Å². The first-order chi connectivity index (χ1) is 8.54. The zero-order chi connectivity index (χ0) is 13.5. The summed E-state index contributed by atoms with van der Waals surface area (Å²) in [5.74, 6) is 0.198. The summed E-state index contributed by atoms with van der Waals surface area (Å²) in [7, 11) is 1.87. The highest BCUT2D eigenvalue weighted by Gasteiger charge is 2.09. The van der Waals surface area contributed by atoms with Crippen LogP contribution in [0.4, 0.5) is 0 Å². The predicted molar refractivity (Wildman–Crippen MR) is 75.3 cm³/mol. The number of nitrogens with two attached hydrogens (primary N) is 1. The lowest BCUT2D eigenvalue weighted by atomic mass is 10.1. The average molecular weight is 248 g/mol. The number of rotatable bonds is 6. The maximum absolute atomic E-state index is 11.9. The van der Waals surface area contributed by atoms with E-state index in [1.54, 1.807) is 4.90 Å². The van der Waals surface area contributed by atoms with Gasteiger partial charge in [0.1, 0.15) is 0 Å². The SMILES string of the molecule is Cc1ccc(CN(C)C(=O)CCCCN)c(C)c1. The van der Waals surface area contributed by atoms with Crippen molar-refractivity contribution in [1.82, 2.24) is 4.90 Å². The lowest BCUT2D eigenvalue weighted by molar-refractivity contribution is -0.130. The maximum Gasteiger partial charge on any atom is 0.222 e. The molecule has 0 fully saturated rings. The molecule has 0 heterocycles. The van der Waals surface area contributed by atoms with Crippen LogP contribution in [0.25, 0.3) is 0 Å². The molecule has 0 aliphatic heterocycles. The molecule has 1 aromatic carbocycles. The Morgan fingerprint density at radius 2 is 2.00 bits per heavy atom. The molecule has 0 atom stereocenters. The molecule has 3 heteroatoms. The number of aryl methyl sites for hydroxylation is 2. The summed E-state index contributed by atoms with van der Waals surface area (Å²) in [6, 6.07) is 6.35. The normalized spacial score (nSPS) is 10.4. The minimum absolute atomic E-state index is 0.198. The monoisotopic (exact) mass is 248 g/mol. The minimum atomic E-state index is 0.198. The zero-order valence-corrected chi connectivity index (χ0v) is 11.7. The summed E-state index contributed by atoms with van der Waals surface area (Å²) in [6.45, 7) is 5.52. The molecule has 0 saturated heterocycles. The first-order valence-corrected chi connectivity index (χ1v) is 6.54. The van der Waals surface area contributed by atoms with Gasteiger partial charge in [0.2, 0.25) is 5.91 Å². The first kappa shape index (κ1) is 14.7. The van der Waals surface area contributed by atoms with E-state index < -0.39 is 0 Å². The van der Waals surface area contributed by atoms with E-state index in [1.807, 2.05) is 7.05 Å². The van der Waals surface area contributed by atoms with Crippen LogP contribution in [0.5, 0.6) is 0 Å². The molecule has 0 spiro atoms. The van der Waals surface area contributed by atoms with E-state index in [0.717, 1.165) is 12.8 Å². The molecule has 0 radical (unpaired) electrons. The van der Waals surface area contributed by atoms with Gasteiger partial charge in [-0.3, -0.25) is 4.79 Å². The summed E-state index contributed by atoms with van der Waals surface area (Å²) in [5, 5.41) is 0. The predicted octanol–water partition coefficient (Wildman–Crippen LogP) is 2.39. The van der Waals surface area contributed by atoms with Gasteiger partial charge in [-0.05, 0) is 44.4 Å². The van der Waals surface area contributed by atoms with E-state index in [4.69, 9.17) is 5.73 Å². The van der Waals surface area contributed by atoms with Crippen LogP contribution in [0.3, 0.4) is 0 Å². The van der Waals surface area contributed by atoms with Gasteiger partial charge >= 0.3 is 0 Å². The number of hydrogen-bond acceptors (Lipinski definition) is 2. The van der Waals surface area contributed by atoms with Crippen LogP contribution in [-0.4, -0.2) is 24.4 Å². The highest BCUT2D eigenvalue weighted by Crippen LogP contribution is 2.13. The van der Waals surface area contributed by atoms with Gasteiger partial charge in [0.05, 0.1) is 0 Å². The van der Waals surface area contributed by atoms with Crippen molar-refractivity contribution in [2.24, 2.45) is 5.73 Å². The minimum Gasteiger partial charge on any atom is -0.341 e. The lowest BCUT2D eigenvalue weighted by Gasteiger charge is -2.18. The third kappa shape index (κ3) is 4.49. The van der Waals surface area contributed by atoms with E-state index in [1.165, 1.54) is 16.7 Å². The second-order valence-corrected chi connectivity index (χ2v) is 4.93. The van der Waals surface area contributed by atoms with E-state index in [9.17, 15) is 4.79 Å². The number of hydrogen-bond donors (Lipinski definition) is 1. The van der Waals surface area contributed by atoms with Crippen LogP contribution in [0.2, 0.25) is 0 Å². The Morgan fingerprint density at radius 1 is 1.28 bits per heavy atom. The fraction of sp³-hybridized carbons (Fsp3) is 0.533. The Morgan fingerprint density at radius 3 is 2.61 bits per heavy atom. The molecule has 0 bridgehead atoms. The van der Waals surface area contributed by atoms with Gasteiger partial charge in [-0.15, -0.1) is 0 Å². The summed E-state index contributed by atoms with van der Waals surface area (Å²) in [5.41, 5.74) is 9.15. The summed E-state index contributed by atoms with van der Waals surface area (Å²) in [4.78, 5) is 13.7. The molecule has 100 valence electrons. The molecule has 0 aliphatic rings. The van der Waals surface area contributed by atoms with E-state index in [2.05, 4.69) is 32.0 Å². The van der Waals surface area contributed by atoms with Gasteiger partial charge in [-0.1, -0.05) is 23.8 Å². The standard InChI is InChI=1S/C15H24N2O/c1-12-7-8-14(13(2)10-12)11-17(3)15(18)6-4-5-9-16/h7-8,10H,4-6,9,11,16H2,1-3H3. The Hall–Kier alpha value is -1.35. The van der Waals surface area contributed by atoms with Crippen LogP contribution in [0.1, 0.15) is 36.0 Å². The first-order valence-electron chi connectivity index (χ1n) is 6.54. The van der Waals surface area contributed by atoms with Crippen molar-refractivity contribution in [3.8, 4) is 0 Å². The Balaban J connectivity index is 2.53.